The molecule has 0 aromatic carbocycles. The molecule has 4 fully saturated rings. The van der Waals surface area contributed by atoms with Crippen LogP contribution < -0.4 is 0 Å². The second kappa shape index (κ2) is 19.7. The molecule has 14 heteroatoms. The van der Waals surface area contributed by atoms with E-state index in [0.717, 1.165) is 12.0 Å². The summed E-state index contributed by atoms with van der Waals surface area (Å²) in [5.74, 6) is -2.56. The van der Waals surface area contributed by atoms with Crippen molar-refractivity contribution >= 4 is 5.97 Å². The quantitative estimate of drug-likeness (QED) is 0.210. The first-order chi connectivity index (χ1) is 29.5. The highest BCUT2D eigenvalue weighted by molar-refractivity contribution is 5.78. The van der Waals surface area contributed by atoms with Crippen LogP contribution in [0.25, 0.3) is 0 Å². The van der Waals surface area contributed by atoms with Gasteiger partial charge in [0.15, 0.2) is 18.4 Å². The topological polar surface area (TPSA) is 170 Å². The Balaban J connectivity index is 1.18. The van der Waals surface area contributed by atoms with E-state index in [2.05, 4.69) is 39.8 Å². The van der Waals surface area contributed by atoms with Gasteiger partial charge in [-0.25, -0.2) is 0 Å². The second-order valence-corrected chi connectivity index (χ2v) is 19.0. The Bertz CT molecular complexity index is 1730. The van der Waals surface area contributed by atoms with Crippen LogP contribution in [0.4, 0.5) is 0 Å². The molecule has 7 rings (SSSR count). The molecule has 1 aliphatic carbocycles. The van der Waals surface area contributed by atoms with Gasteiger partial charge in [-0.15, -0.1) is 0 Å². The highest BCUT2D eigenvalue weighted by atomic mass is 16.7. The van der Waals surface area contributed by atoms with Crippen LogP contribution in [0.2, 0.25) is 0 Å². The maximum absolute atomic E-state index is 14.3. The first kappa shape index (κ1) is 47.6. The largest absolute Gasteiger partial charge is 0.462 e. The minimum Gasteiger partial charge on any atom is -0.462 e. The lowest BCUT2D eigenvalue weighted by Gasteiger charge is -2.48. The predicted octanol–water partition coefficient (Wildman–Crippen LogP) is 5.38. The minimum absolute atomic E-state index is 0.0317. The summed E-state index contributed by atoms with van der Waals surface area (Å²) in [6.45, 7) is 16.1. The number of esters is 1. The van der Waals surface area contributed by atoms with Gasteiger partial charge in [0.05, 0.1) is 49.3 Å². The summed E-state index contributed by atoms with van der Waals surface area (Å²) in [7, 11) is 3.22. The molecule has 1 spiro atoms. The molecule has 3 N–H and O–H groups in total. The van der Waals surface area contributed by atoms with Crippen molar-refractivity contribution in [1.82, 2.24) is 0 Å². The summed E-state index contributed by atoms with van der Waals surface area (Å²) >= 11 is 0. The van der Waals surface area contributed by atoms with Gasteiger partial charge in [-0.3, -0.25) is 4.79 Å². The maximum atomic E-state index is 14.3. The Morgan fingerprint density at radius 1 is 0.887 bits per heavy atom. The molecule has 6 heterocycles. The fourth-order valence-corrected chi connectivity index (χ4v) is 10.6. The fraction of sp³-hybridized carbons (Fsp3) is 0.771. The lowest BCUT2D eigenvalue weighted by Crippen LogP contribution is -2.58. The van der Waals surface area contributed by atoms with Crippen molar-refractivity contribution in [3.63, 3.8) is 0 Å². The van der Waals surface area contributed by atoms with Crippen molar-refractivity contribution in [1.29, 1.82) is 0 Å². The third-order valence-corrected chi connectivity index (χ3v) is 14.5. The molecule has 348 valence electrons. The number of carbonyl (C=O) groups is 1. The Morgan fingerprint density at radius 2 is 1.60 bits per heavy atom. The molecule has 0 unspecified atom stereocenters. The van der Waals surface area contributed by atoms with E-state index < -0.39 is 90.8 Å². The molecule has 0 aromatic rings. The Kier molecular flexibility index (Phi) is 15.1. The van der Waals surface area contributed by atoms with E-state index >= 15 is 0 Å². The van der Waals surface area contributed by atoms with Crippen molar-refractivity contribution in [3.05, 3.63) is 59.3 Å². The lowest BCUT2D eigenvalue weighted by atomic mass is 9.71. The average Bonchev–Trinajstić information content (AvgIpc) is 3.58. The first-order valence-corrected chi connectivity index (χ1v) is 22.9. The Labute approximate surface area is 367 Å². The van der Waals surface area contributed by atoms with Gasteiger partial charge in [0.25, 0.3) is 0 Å². The van der Waals surface area contributed by atoms with Gasteiger partial charge < -0.3 is 62.7 Å². The van der Waals surface area contributed by atoms with Crippen molar-refractivity contribution in [3.8, 4) is 0 Å². The Morgan fingerprint density at radius 3 is 2.32 bits per heavy atom. The second-order valence-electron chi connectivity index (χ2n) is 19.0. The average molecular weight is 873 g/mol. The van der Waals surface area contributed by atoms with Crippen molar-refractivity contribution in [2.45, 2.75) is 191 Å². The standard InChI is InChI=1S/C48H72O14/c1-11-25(2)43-28(5)17-18-47(62-43)23-34-20-33(61-47)16-15-27(4)42(26(3)13-12-14-32-24-55-45-40(49)29(6)19-35(46(51)58-34)48(32,45)52)59-39-22-37(54-10)44(31(8)57-39)60-38-21-36(53-9)41(50)30(7)56-38/h12-15,17-19,25-26,28,30-31,33-45,49-50,52H,11,16,20-24H2,1-10H3/b13-12+,27-15+,32-14-/t25-,26-,28-,30-,31-,33+,34+,35-,36-,37-,38-,39-,40+,41-,42-,43+,44-,45-,47+,48-/m0/s1. The smallest absolute Gasteiger partial charge is 0.316 e. The zero-order chi connectivity index (χ0) is 44.7. The number of fused-ring (bicyclic) bond motifs is 2. The molecule has 0 amide bonds. The SMILES string of the molecule is CC[C@H](C)[C@H]1O[C@]2(C=C[C@@H]1C)C[C@H]1C[C@@H](C/C=C(\C)[C@@H](O[C@H]3C[C@H](OC)[C@@H](O[C@H]4C[C@H](OC)[C@@H](O)[C@H](C)O4)[C@H](C)O3)[C@@H](C)/C=C/C=C3/CO[C@H]4[C@H](O)C(C)=C[C@@H](C(=O)O1)[C@@]34O)O2. The molecule has 0 radical (unpaired) electrons. The molecule has 14 nitrogen and oxygen atoms in total. The molecule has 7 aliphatic rings. The first-order valence-electron chi connectivity index (χ1n) is 22.9. The van der Waals surface area contributed by atoms with E-state index in [9.17, 15) is 20.1 Å². The molecule has 6 aliphatic heterocycles. The van der Waals surface area contributed by atoms with E-state index in [1.807, 2.05) is 32.1 Å². The van der Waals surface area contributed by atoms with Crippen LogP contribution in [0.15, 0.2) is 59.3 Å². The summed E-state index contributed by atoms with van der Waals surface area (Å²) in [6.07, 6.45) is 8.55. The summed E-state index contributed by atoms with van der Waals surface area (Å²) in [5.41, 5.74) is 0.134. The van der Waals surface area contributed by atoms with E-state index in [4.69, 9.17) is 47.4 Å². The number of ether oxygens (including phenoxy) is 10. The minimum atomic E-state index is -1.84. The molecule has 20 atom stereocenters. The van der Waals surface area contributed by atoms with Crippen LogP contribution in [0.5, 0.6) is 0 Å². The highest BCUT2D eigenvalue weighted by Crippen LogP contribution is 2.47. The van der Waals surface area contributed by atoms with Gasteiger partial charge >= 0.3 is 5.97 Å². The van der Waals surface area contributed by atoms with Gasteiger partial charge in [-0.2, -0.15) is 0 Å². The third kappa shape index (κ3) is 9.64. The zero-order valence-electron chi connectivity index (χ0n) is 38.2. The monoisotopic (exact) mass is 872 g/mol. The van der Waals surface area contributed by atoms with Crippen LogP contribution in [-0.4, -0.2) is 139 Å². The maximum Gasteiger partial charge on any atom is 0.316 e. The summed E-state index contributed by atoms with van der Waals surface area (Å²) in [6, 6.07) is 0. The zero-order valence-corrected chi connectivity index (χ0v) is 38.2. The summed E-state index contributed by atoms with van der Waals surface area (Å²) in [5, 5.41) is 34.2. The van der Waals surface area contributed by atoms with Crippen LogP contribution >= 0.6 is 0 Å². The van der Waals surface area contributed by atoms with Gasteiger partial charge in [0.1, 0.15) is 42.0 Å². The van der Waals surface area contributed by atoms with Crippen LogP contribution in [0.3, 0.4) is 0 Å². The predicted molar refractivity (Wildman–Crippen MR) is 227 cm³/mol. The van der Waals surface area contributed by atoms with E-state index in [-0.39, 0.29) is 42.7 Å². The van der Waals surface area contributed by atoms with Crippen LogP contribution in [0, 0.1) is 23.7 Å². The number of aliphatic hydroxyl groups excluding tert-OH is 2. The number of hydrogen-bond acceptors (Lipinski definition) is 14. The highest BCUT2D eigenvalue weighted by Gasteiger charge is 2.60. The number of allylic oxidation sites excluding steroid dienone is 2. The molecule has 0 aromatic heterocycles. The van der Waals surface area contributed by atoms with Crippen molar-refractivity contribution in [2.75, 3.05) is 20.8 Å². The molecular formula is C48H72O14. The number of aliphatic hydroxyl groups is 3. The van der Waals surface area contributed by atoms with Crippen LogP contribution in [0.1, 0.15) is 93.9 Å². The normalized spacial score (nSPS) is 49.1. The molecule has 4 saturated heterocycles. The number of hydrogen-bond donors (Lipinski definition) is 3. The fourth-order valence-electron chi connectivity index (χ4n) is 10.6. The number of rotatable bonds is 8. The Hall–Kier alpha value is -2.31. The van der Waals surface area contributed by atoms with Gasteiger partial charge in [0.2, 0.25) is 0 Å². The molecule has 2 bridgehead atoms. The van der Waals surface area contributed by atoms with Crippen LogP contribution in [-0.2, 0) is 52.2 Å². The summed E-state index contributed by atoms with van der Waals surface area (Å²) < 4.78 is 63.7. The van der Waals surface area contributed by atoms with Gasteiger partial charge in [0, 0.05) is 51.7 Å². The van der Waals surface area contributed by atoms with E-state index in [0.29, 0.717) is 43.3 Å². The number of carbonyl (C=O) groups excluding carboxylic acids is 1. The van der Waals surface area contributed by atoms with Crippen molar-refractivity contribution < 1.29 is 67.5 Å². The van der Waals surface area contributed by atoms with Gasteiger partial charge in [-0.05, 0) is 62.8 Å². The summed E-state index contributed by atoms with van der Waals surface area (Å²) in [4.78, 5) is 14.3. The molecule has 0 saturated carbocycles. The molecular weight excluding hydrogens is 801 g/mol. The van der Waals surface area contributed by atoms with Gasteiger partial charge in [-0.1, -0.05) is 70.6 Å². The molecule has 62 heavy (non-hydrogen) atoms. The lowest BCUT2D eigenvalue weighted by molar-refractivity contribution is -0.318. The van der Waals surface area contributed by atoms with E-state index in [1.165, 1.54) is 0 Å². The number of methoxy groups -OCH3 is 2. The third-order valence-electron chi connectivity index (χ3n) is 14.5. The van der Waals surface area contributed by atoms with E-state index in [1.54, 1.807) is 40.2 Å². The van der Waals surface area contributed by atoms with Crippen molar-refractivity contribution in [2.24, 2.45) is 23.7 Å².